The molecule has 0 aliphatic heterocycles. The number of methoxy groups -OCH3 is 1. The van der Waals surface area contributed by atoms with Gasteiger partial charge in [-0.1, -0.05) is 25.1 Å². The van der Waals surface area contributed by atoms with Gasteiger partial charge in [0.05, 0.1) is 7.11 Å². The molecule has 1 atom stereocenters. The fourth-order valence-corrected chi connectivity index (χ4v) is 3.19. The number of ether oxygens (including phenoxy) is 1. The highest BCUT2D eigenvalue weighted by atomic mass is 127. The Morgan fingerprint density at radius 1 is 1.19 bits per heavy atom. The van der Waals surface area contributed by atoms with E-state index in [1.807, 2.05) is 36.0 Å². The van der Waals surface area contributed by atoms with Crippen LogP contribution in [0.4, 0.5) is 0 Å². The molecule has 3 N–H and O–H groups in total. The molecule has 0 heterocycles. The SMILES string of the molecule is CN=C(NCc1cc(OC)ccc1O)NCC(C)Sc1ccccc1.I. The largest absolute Gasteiger partial charge is 0.508 e. The van der Waals surface area contributed by atoms with Crippen molar-refractivity contribution in [1.82, 2.24) is 10.6 Å². The highest BCUT2D eigenvalue weighted by molar-refractivity contribution is 14.0. The van der Waals surface area contributed by atoms with Crippen LogP contribution in [-0.2, 0) is 6.54 Å². The molecule has 5 nitrogen and oxygen atoms in total. The Labute approximate surface area is 176 Å². The second kappa shape index (κ2) is 11.9. The molecule has 26 heavy (non-hydrogen) atoms. The molecule has 1 unspecified atom stereocenters. The lowest BCUT2D eigenvalue weighted by Gasteiger charge is -2.16. The number of rotatable bonds is 7. The first-order chi connectivity index (χ1) is 12.1. The summed E-state index contributed by atoms with van der Waals surface area (Å²) in [6.45, 7) is 3.41. The number of hydrogen-bond donors (Lipinski definition) is 3. The van der Waals surface area contributed by atoms with E-state index in [0.29, 0.717) is 23.5 Å². The first-order valence-electron chi connectivity index (χ1n) is 8.14. The number of phenols is 1. The summed E-state index contributed by atoms with van der Waals surface area (Å²) in [5.41, 5.74) is 0.758. The molecule has 142 valence electrons. The van der Waals surface area contributed by atoms with Crippen molar-refractivity contribution in [2.45, 2.75) is 23.6 Å². The maximum absolute atomic E-state index is 9.94. The van der Waals surface area contributed by atoms with Gasteiger partial charge in [0.1, 0.15) is 11.5 Å². The summed E-state index contributed by atoms with van der Waals surface area (Å²) < 4.78 is 5.19. The van der Waals surface area contributed by atoms with Crippen LogP contribution in [0.15, 0.2) is 58.4 Å². The second-order valence-electron chi connectivity index (χ2n) is 5.54. The number of nitrogens with zero attached hydrogens (tertiary/aromatic N) is 1. The summed E-state index contributed by atoms with van der Waals surface area (Å²) in [4.78, 5) is 5.48. The Kier molecular flexibility index (Phi) is 10.3. The van der Waals surface area contributed by atoms with Gasteiger partial charge in [0.15, 0.2) is 5.96 Å². The fourth-order valence-electron chi connectivity index (χ4n) is 2.24. The summed E-state index contributed by atoms with van der Waals surface area (Å²) in [7, 11) is 3.34. The van der Waals surface area contributed by atoms with Gasteiger partial charge in [0, 0.05) is 35.8 Å². The molecule has 0 aliphatic rings. The molecular formula is C19H26IN3O2S. The zero-order chi connectivity index (χ0) is 18.1. The maximum atomic E-state index is 9.94. The van der Waals surface area contributed by atoms with Crippen molar-refractivity contribution >= 4 is 41.7 Å². The summed E-state index contributed by atoms with van der Waals surface area (Å²) >= 11 is 1.82. The summed E-state index contributed by atoms with van der Waals surface area (Å²) in [5.74, 6) is 1.64. The number of benzene rings is 2. The lowest BCUT2D eigenvalue weighted by atomic mass is 10.2. The van der Waals surface area contributed by atoms with Gasteiger partial charge >= 0.3 is 0 Å². The second-order valence-corrected chi connectivity index (χ2v) is 7.05. The van der Waals surface area contributed by atoms with Crippen molar-refractivity contribution < 1.29 is 9.84 Å². The van der Waals surface area contributed by atoms with Gasteiger partial charge in [-0.25, -0.2) is 0 Å². The van der Waals surface area contributed by atoms with Gasteiger partial charge in [-0.05, 0) is 30.3 Å². The van der Waals surface area contributed by atoms with Crippen molar-refractivity contribution in [3.05, 3.63) is 54.1 Å². The third-order valence-electron chi connectivity index (χ3n) is 3.59. The Hall–Kier alpha value is -1.61. The van der Waals surface area contributed by atoms with Crippen LogP contribution in [0.5, 0.6) is 11.5 Å². The zero-order valence-corrected chi connectivity index (χ0v) is 18.4. The van der Waals surface area contributed by atoms with E-state index in [0.717, 1.165) is 12.1 Å². The molecule has 0 aliphatic carbocycles. The van der Waals surface area contributed by atoms with Gasteiger partial charge in [-0.3, -0.25) is 4.99 Å². The van der Waals surface area contributed by atoms with Gasteiger partial charge in [0.2, 0.25) is 0 Å². The van der Waals surface area contributed by atoms with E-state index in [-0.39, 0.29) is 29.7 Å². The first kappa shape index (κ1) is 22.4. The van der Waals surface area contributed by atoms with E-state index in [1.165, 1.54) is 4.90 Å². The summed E-state index contributed by atoms with van der Waals surface area (Å²) in [5, 5.41) is 16.9. The van der Waals surface area contributed by atoms with Gasteiger partial charge in [-0.2, -0.15) is 0 Å². The highest BCUT2D eigenvalue weighted by Crippen LogP contribution is 2.23. The third-order valence-corrected chi connectivity index (χ3v) is 4.71. The number of guanidine groups is 1. The van der Waals surface area contributed by atoms with Crippen molar-refractivity contribution in [2.24, 2.45) is 4.99 Å². The average molecular weight is 487 g/mol. The topological polar surface area (TPSA) is 65.9 Å². The predicted molar refractivity (Wildman–Crippen MR) is 120 cm³/mol. The minimum atomic E-state index is 0. The molecule has 0 amide bonds. The van der Waals surface area contributed by atoms with E-state index in [4.69, 9.17) is 4.74 Å². The van der Waals surface area contributed by atoms with Crippen LogP contribution < -0.4 is 15.4 Å². The standard InChI is InChI=1S/C19H25N3O2S.HI/c1-14(25-17-7-5-4-6-8-17)12-21-19(20-2)22-13-15-11-16(24-3)9-10-18(15)23;/h4-11,14,23H,12-13H2,1-3H3,(H2,20,21,22);1H. The van der Waals surface area contributed by atoms with Crippen LogP contribution in [0.1, 0.15) is 12.5 Å². The first-order valence-corrected chi connectivity index (χ1v) is 9.02. The van der Waals surface area contributed by atoms with Crippen LogP contribution in [0.3, 0.4) is 0 Å². The molecule has 0 bridgehead atoms. The van der Waals surface area contributed by atoms with E-state index >= 15 is 0 Å². The molecule has 0 aromatic heterocycles. The molecule has 0 spiro atoms. The molecule has 0 saturated heterocycles. The monoisotopic (exact) mass is 487 g/mol. The smallest absolute Gasteiger partial charge is 0.191 e. The number of hydrogen-bond acceptors (Lipinski definition) is 4. The van der Waals surface area contributed by atoms with Crippen molar-refractivity contribution in [3.63, 3.8) is 0 Å². The molecule has 2 aromatic rings. The van der Waals surface area contributed by atoms with Gasteiger partial charge in [-0.15, -0.1) is 35.7 Å². The Bertz CT molecular complexity index is 698. The number of aliphatic imine (C=N–C) groups is 1. The normalized spacial score (nSPS) is 12.0. The van der Waals surface area contributed by atoms with Gasteiger partial charge < -0.3 is 20.5 Å². The molecular weight excluding hydrogens is 461 g/mol. The minimum Gasteiger partial charge on any atom is -0.508 e. The summed E-state index contributed by atoms with van der Waals surface area (Å²) in [6.07, 6.45) is 0. The number of halogens is 1. The van der Waals surface area contributed by atoms with E-state index in [2.05, 4.69) is 34.7 Å². The van der Waals surface area contributed by atoms with Crippen molar-refractivity contribution in [3.8, 4) is 11.5 Å². The number of nitrogens with one attached hydrogen (secondary N) is 2. The van der Waals surface area contributed by atoms with Crippen molar-refractivity contribution in [1.29, 1.82) is 0 Å². The van der Waals surface area contributed by atoms with Gasteiger partial charge in [0.25, 0.3) is 0 Å². The lowest BCUT2D eigenvalue weighted by molar-refractivity contribution is 0.410. The Morgan fingerprint density at radius 3 is 2.58 bits per heavy atom. The maximum Gasteiger partial charge on any atom is 0.191 e. The van der Waals surface area contributed by atoms with Crippen LogP contribution in [0, 0.1) is 0 Å². The quantitative estimate of drug-likeness (QED) is 0.240. The van der Waals surface area contributed by atoms with E-state index in [1.54, 1.807) is 26.3 Å². The molecule has 0 radical (unpaired) electrons. The van der Waals surface area contributed by atoms with E-state index in [9.17, 15) is 5.11 Å². The molecule has 2 rings (SSSR count). The molecule has 2 aromatic carbocycles. The zero-order valence-electron chi connectivity index (χ0n) is 15.2. The average Bonchev–Trinajstić information content (AvgIpc) is 2.64. The van der Waals surface area contributed by atoms with Crippen LogP contribution in [0.2, 0.25) is 0 Å². The Morgan fingerprint density at radius 2 is 1.92 bits per heavy atom. The highest BCUT2D eigenvalue weighted by Gasteiger charge is 2.07. The predicted octanol–water partition coefficient (Wildman–Crippen LogP) is 3.86. The number of phenolic OH excluding ortho intramolecular Hbond substituents is 1. The van der Waals surface area contributed by atoms with Crippen LogP contribution >= 0.6 is 35.7 Å². The molecule has 0 saturated carbocycles. The van der Waals surface area contributed by atoms with Crippen LogP contribution in [0.25, 0.3) is 0 Å². The number of thioether (sulfide) groups is 1. The fraction of sp³-hybridized carbons (Fsp3) is 0.316. The molecule has 7 heteroatoms. The Balaban J connectivity index is 0.00000338. The number of aromatic hydroxyl groups is 1. The van der Waals surface area contributed by atoms with Crippen LogP contribution in [-0.4, -0.2) is 37.0 Å². The van der Waals surface area contributed by atoms with E-state index < -0.39 is 0 Å². The lowest BCUT2D eigenvalue weighted by Crippen LogP contribution is -2.39. The summed E-state index contributed by atoms with van der Waals surface area (Å²) in [6, 6.07) is 15.5. The third kappa shape index (κ3) is 7.33. The van der Waals surface area contributed by atoms with Crippen molar-refractivity contribution in [2.75, 3.05) is 20.7 Å². The minimum absolute atomic E-state index is 0. The molecule has 0 fully saturated rings.